The van der Waals surface area contributed by atoms with E-state index in [1.807, 2.05) is 30.3 Å². The number of ketones is 1. The Hall–Kier alpha value is -4.30. The number of hydrogen-bond donors (Lipinski definition) is 2. The third-order valence-electron chi connectivity index (χ3n) is 6.05. The molecule has 3 aromatic carbocycles. The van der Waals surface area contributed by atoms with Gasteiger partial charge in [-0.1, -0.05) is 36.4 Å². The predicted molar refractivity (Wildman–Crippen MR) is 137 cm³/mol. The second-order valence-corrected chi connectivity index (χ2v) is 8.44. The minimum atomic E-state index is -0.885. The van der Waals surface area contributed by atoms with Gasteiger partial charge in [-0.3, -0.25) is 9.59 Å². The van der Waals surface area contributed by atoms with Crippen molar-refractivity contribution in [1.29, 1.82) is 0 Å². The van der Waals surface area contributed by atoms with Crippen molar-refractivity contribution >= 4 is 17.4 Å². The third kappa shape index (κ3) is 5.59. The summed E-state index contributed by atoms with van der Waals surface area (Å²) in [6, 6.07) is 20.1. The van der Waals surface area contributed by atoms with Gasteiger partial charge in [-0.2, -0.15) is 0 Å². The fraction of sp³-hybridized carbons (Fsp3) is 0.241. The van der Waals surface area contributed by atoms with Crippen molar-refractivity contribution in [3.05, 3.63) is 95.1 Å². The number of nitrogens with zero attached hydrogens (tertiary/aromatic N) is 1. The van der Waals surface area contributed by atoms with Crippen LogP contribution in [0, 0.1) is 0 Å². The number of likely N-dealkylation sites (tertiary alicyclic amines) is 1. The number of phenols is 1. The molecule has 2 N–H and O–H groups in total. The molecular weight excluding hydrogens is 474 g/mol. The minimum absolute atomic E-state index is 0.0489. The third-order valence-corrected chi connectivity index (χ3v) is 6.05. The van der Waals surface area contributed by atoms with Crippen LogP contribution in [0.3, 0.4) is 0 Å². The van der Waals surface area contributed by atoms with Crippen LogP contribution in [0.2, 0.25) is 0 Å². The predicted octanol–water partition coefficient (Wildman–Crippen LogP) is 4.44. The Kier molecular flexibility index (Phi) is 8.10. The second-order valence-electron chi connectivity index (χ2n) is 8.44. The fourth-order valence-corrected chi connectivity index (χ4v) is 4.22. The first-order valence-electron chi connectivity index (χ1n) is 11.9. The number of carbonyl (C=O) groups excluding carboxylic acids is 2. The van der Waals surface area contributed by atoms with Gasteiger partial charge in [-0.05, 0) is 54.4 Å². The van der Waals surface area contributed by atoms with Gasteiger partial charge < -0.3 is 29.3 Å². The van der Waals surface area contributed by atoms with Crippen LogP contribution in [-0.2, 0) is 20.9 Å². The number of aliphatic hydroxyl groups excluding tert-OH is 1. The number of benzene rings is 3. The topological polar surface area (TPSA) is 106 Å². The zero-order valence-electron chi connectivity index (χ0n) is 20.7. The van der Waals surface area contributed by atoms with Crippen molar-refractivity contribution in [1.82, 2.24) is 4.90 Å². The van der Waals surface area contributed by atoms with E-state index in [1.54, 1.807) is 43.3 Å². The van der Waals surface area contributed by atoms with E-state index in [-0.39, 0.29) is 36.0 Å². The van der Waals surface area contributed by atoms with Crippen LogP contribution in [0.1, 0.15) is 29.7 Å². The molecule has 0 aromatic heterocycles. The maximum absolute atomic E-state index is 13.1. The molecule has 1 amide bonds. The molecule has 1 aliphatic rings. The maximum Gasteiger partial charge on any atom is 0.295 e. The molecule has 37 heavy (non-hydrogen) atoms. The average Bonchev–Trinajstić information content (AvgIpc) is 3.17. The molecule has 8 heteroatoms. The number of aromatic hydroxyl groups is 1. The Morgan fingerprint density at radius 2 is 1.70 bits per heavy atom. The summed E-state index contributed by atoms with van der Waals surface area (Å²) in [5, 5.41) is 21.4. The van der Waals surface area contributed by atoms with Crippen molar-refractivity contribution in [2.75, 3.05) is 26.9 Å². The van der Waals surface area contributed by atoms with Gasteiger partial charge in [0.15, 0.2) is 11.5 Å². The van der Waals surface area contributed by atoms with E-state index in [0.29, 0.717) is 30.1 Å². The summed E-state index contributed by atoms with van der Waals surface area (Å²) >= 11 is 0. The van der Waals surface area contributed by atoms with Gasteiger partial charge in [0.1, 0.15) is 18.1 Å². The molecule has 0 saturated carbocycles. The molecule has 192 valence electrons. The van der Waals surface area contributed by atoms with Crippen molar-refractivity contribution < 1.29 is 34.0 Å². The van der Waals surface area contributed by atoms with Crippen LogP contribution in [0.25, 0.3) is 5.76 Å². The maximum atomic E-state index is 13.1. The highest BCUT2D eigenvalue weighted by Gasteiger charge is 2.46. The van der Waals surface area contributed by atoms with Gasteiger partial charge in [0.05, 0.1) is 24.8 Å². The summed E-state index contributed by atoms with van der Waals surface area (Å²) in [6.45, 7) is 2.83. The molecule has 1 unspecified atom stereocenters. The summed E-state index contributed by atoms with van der Waals surface area (Å²) in [4.78, 5) is 27.5. The number of Topliss-reactive ketones (excluding diaryl/α,β-unsaturated/α-hetero) is 1. The van der Waals surface area contributed by atoms with E-state index in [1.165, 1.54) is 18.1 Å². The van der Waals surface area contributed by atoms with E-state index in [2.05, 4.69) is 0 Å². The van der Waals surface area contributed by atoms with Crippen LogP contribution in [-0.4, -0.2) is 53.7 Å². The molecule has 1 saturated heterocycles. The quantitative estimate of drug-likeness (QED) is 0.239. The van der Waals surface area contributed by atoms with E-state index in [9.17, 15) is 19.8 Å². The monoisotopic (exact) mass is 503 g/mol. The summed E-state index contributed by atoms with van der Waals surface area (Å²) in [5.41, 5.74) is 1.85. The molecule has 1 heterocycles. The van der Waals surface area contributed by atoms with Gasteiger partial charge in [0, 0.05) is 19.2 Å². The largest absolute Gasteiger partial charge is 0.507 e. The lowest BCUT2D eigenvalue weighted by Gasteiger charge is -2.25. The Bertz CT molecular complexity index is 1290. The molecule has 8 nitrogen and oxygen atoms in total. The number of hydrogen-bond acceptors (Lipinski definition) is 7. The first-order valence-corrected chi connectivity index (χ1v) is 11.9. The highest BCUT2D eigenvalue weighted by Crippen LogP contribution is 2.41. The number of phenolic OH excluding ortho intramolecular Hbond substituents is 1. The Morgan fingerprint density at radius 1 is 0.973 bits per heavy atom. The van der Waals surface area contributed by atoms with Gasteiger partial charge >= 0.3 is 0 Å². The van der Waals surface area contributed by atoms with E-state index in [4.69, 9.17) is 14.2 Å². The van der Waals surface area contributed by atoms with Gasteiger partial charge in [0.2, 0.25) is 0 Å². The average molecular weight is 504 g/mol. The molecule has 0 bridgehead atoms. The molecule has 1 aliphatic heterocycles. The highest BCUT2D eigenvalue weighted by atomic mass is 16.5. The summed E-state index contributed by atoms with van der Waals surface area (Å²) in [6.07, 6.45) is 0. The number of rotatable bonds is 10. The molecule has 3 aromatic rings. The Morgan fingerprint density at radius 3 is 2.38 bits per heavy atom. The zero-order chi connectivity index (χ0) is 26.4. The number of ether oxygens (including phenoxy) is 3. The van der Waals surface area contributed by atoms with Crippen LogP contribution < -0.4 is 9.47 Å². The summed E-state index contributed by atoms with van der Waals surface area (Å²) in [5.74, 6) is -1.09. The first-order chi connectivity index (χ1) is 17.9. The normalized spacial score (nSPS) is 16.7. The number of amides is 1. The van der Waals surface area contributed by atoms with E-state index >= 15 is 0 Å². The van der Waals surface area contributed by atoms with E-state index in [0.717, 1.165) is 5.56 Å². The Balaban J connectivity index is 1.69. The van der Waals surface area contributed by atoms with Crippen molar-refractivity contribution in [2.24, 2.45) is 0 Å². The lowest BCUT2D eigenvalue weighted by molar-refractivity contribution is -0.140. The molecular formula is C29H29NO7. The van der Waals surface area contributed by atoms with Crippen molar-refractivity contribution in [3.8, 4) is 17.2 Å². The lowest BCUT2D eigenvalue weighted by atomic mass is 9.95. The number of carbonyl (C=O) groups is 2. The molecule has 1 atom stereocenters. The van der Waals surface area contributed by atoms with Gasteiger partial charge in [-0.15, -0.1) is 0 Å². The second kappa shape index (κ2) is 11.6. The van der Waals surface area contributed by atoms with Gasteiger partial charge in [0.25, 0.3) is 11.7 Å². The lowest BCUT2D eigenvalue weighted by Crippen LogP contribution is -2.32. The van der Waals surface area contributed by atoms with Crippen molar-refractivity contribution in [3.63, 3.8) is 0 Å². The fourth-order valence-electron chi connectivity index (χ4n) is 4.22. The summed E-state index contributed by atoms with van der Waals surface area (Å²) in [7, 11) is 1.50. The standard InChI is InChI=1S/C29H29NO7/c1-3-36-24-17-21(11-14-23(24)31)26-25(28(33)29(34)30(26)15-16-35-2)27(32)20-9-12-22(13-10-20)37-18-19-7-5-4-6-8-19/h4-14,17,26,31-32H,3,15-16,18H2,1-2H3/b27-25+. The van der Waals surface area contributed by atoms with Crippen LogP contribution in [0.4, 0.5) is 0 Å². The zero-order valence-corrected chi connectivity index (χ0v) is 20.7. The van der Waals surface area contributed by atoms with E-state index < -0.39 is 17.7 Å². The van der Waals surface area contributed by atoms with Crippen LogP contribution in [0.5, 0.6) is 17.2 Å². The van der Waals surface area contributed by atoms with Crippen LogP contribution in [0.15, 0.2) is 78.4 Å². The minimum Gasteiger partial charge on any atom is -0.507 e. The molecule has 0 aliphatic carbocycles. The number of aliphatic hydroxyl groups is 1. The molecule has 1 fully saturated rings. The first kappa shape index (κ1) is 25.8. The SMILES string of the molecule is CCOc1cc(C2/C(=C(\O)c3ccc(OCc4ccccc4)cc3)C(=O)C(=O)N2CCOC)ccc1O. The molecule has 0 spiro atoms. The molecule has 0 radical (unpaired) electrons. The Labute approximate surface area is 215 Å². The smallest absolute Gasteiger partial charge is 0.295 e. The number of methoxy groups -OCH3 is 1. The van der Waals surface area contributed by atoms with Crippen LogP contribution >= 0.6 is 0 Å². The molecule has 4 rings (SSSR count). The van der Waals surface area contributed by atoms with Crippen molar-refractivity contribution in [2.45, 2.75) is 19.6 Å². The highest BCUT2D eigenvalue weighted by molar-refractivity contribution is 6.46. The van der Waals surface area contributed by atoms with Gasteiger partial charge in [-0.25, -0.2) is 0 Å². The summed E-state index contributed by atoms with van der Waals surface area (Å²) < 4.78 is 16.5.